The summed E-state index contributed by atoms with van der Waals surface area (Å²) in [6.45, 7) is 0. The molecule has 0 atom stereocenters. The van der Waals surface area contributed by atoms with E-state index < -0.39 is 10.4 Å². The molecule has 0 aromatic rings. The van der Waals surface area contributed by atoms with Crippen LogP contribution in [0.25, 0.3) is 0 Å². The second-order valence-electron chi connectivity index (χ2n) is 0.408. The fraction of sp³-hybridized carbons (Fsp3) is 0. The first kappa shape index (κ1) is 22.4. The molecule has 5 nitrogen and oxygen atoms in total. The van der Waals surface area contributed by atoms with Crippen molar-refractivity contribution in [3.8, 4) is 0 Å². The minimum absolute atomic E-state index is 0. The Morgan fingerprint density at radius 2 is 1.12 bits per heavy atom. The molecule has 8 heteroatoms. The van der Waals surface area contributed by atoms with Crippen molar-refractivity contribution in [1.29, 1.82) is 0 Å². The Bertz CT molecular complexity index is 95.6. The molecule has 0 rings (SSSR count). The maximum atomic E-state index is 8.52. The van der Waals surface area contributed by atoms with E-state index in [1.165, 1.54) is 0 Å². The molecule has 0 spiro atoms. The second-order valence-corrected chi connectivity index (χ2v) is 1.22. The van der Waals surface area contributed by atoms with Gasteiger partial charge < -0.3 is 14.6 Å². The fourth-order valence-electron chi connectivity index (χ4n) is 0. The molecule has 0 bridgehead atoms. The van der Waals surface area contributed by atoms with Gasteiger partial charge >= 0.3 is 86.6 Å². The van der Waals surface area contributed by atoms with Crippen molar-refractivity contribution in [2.45, 2.75) is 0 Å². The molecule has 0 aromatic heterocycles. The molecule has 0 aliphatic carbocycles. The van der Waals surface area contributed by atoms with Gasteiger partial charge in [0, 0.05) is 10.4 Å². The Morgan fingerprint density at radius 1 is 1.12 bits per heavy atom. The van der Waals surface area contributed by atoms with Crippen LogP contribution in [0.2, 0.25) is 0 Å². The van der Waals surface area contributed by atoms with Gasteiger partial charge in [0.1, 0.15) is 0 Å². The van der Waals surface area contributed by atoms with Crippen LogP contribution in [0.5, 0.6) is 0 Å². The zero-order chi connectivity index (χ0) is 4.50. The fourth-order valence-corrected chi connectivity index (χ4v) is 0. The predicted molar refractivity (Wildman–Crippen MR) is 22.7 cm³/mol. The molecule has 40 valence electrons. The molecular formula is BaCaO5S. The molecule has 0 radical (unpaired) electrons. The van der Waals surface area contributed by atoms with E-state index in [4.69, 9.17) is 17.5 Å². The number of hydrogen-bond donors (Lipinski definition) is 0. The smallest absolute Gasteiger partial charge is 2.00 e. The molecule has 0 N–H and O–H groups in total. The monoisotopic (exact) mass is 290 g/mol. The van der Waals surface area contributed by atoms with E-state index in [9.17, 15) is 0 Å². The number of hydrogen-bond acceptors (Lipinski definition) is 4. The largest absolute Gasteiger partial charge is 2.00 e. The Balaban J connectivity index is -0.0000000267. The van der Waals surface area contributed by atoms with Crippen LogP contribution >= 0.6 is 0 Å². The Hall–Kier alpha value is 2.66. The van der Waals surface area contributed by atoms with E-state index in [-0.39, 0.29) is 92.1 Å². The van der Waals surface area contributed by atoms with E-state index in [0.717, 1.165) is 0 Å². The molecule has 0 aliphatic heterocycles. The first-order valence-corrected chi connectivity index (χ1v) is 2.00. The first-order valence-electron chi connectivity index (χ1n) is 0.667. The van der Waals surface area contributed by atoms with E-state index in [0.29, 0.717) is 0 Å². The van der Waals surface area contributed by atoms with E-state index in [1.807, 2.05) is 0 Å². The van der Waals surface area contributed by atoms with Crippen LogP contribution in [0.4, 0.5) is 0 Å². The molecule has 0 saturated carbocycles. The van der Waals surface area contributed by atoms with Crippen LogP contribution in [0.3, 0.4) is 0 Å². The summed E-state index contributed by atoms with van der Waals surface area (Å²) in [6, 6.07) is 0. The van der Waals surface area contributed by atoms with Crippen LogP contribution in [0, 0.1) is 0 Å². The topological polar surface area (TPSA) is 109 Å². The van der Waals surface area contributed by atoms with Crippen molar-refractivity contribution < 1.29 is 23.0 Å². The molecule has 0 amide bonds. The standard InChI is InChI=1S/Ba.Ca.H2O4S.O/c;;1-5(2,3)4;/h;;(H2,1,2,3,4);/q2*+2;;-2/p-2. The summed E-state index contributed by atoms with van der Waals surface area (Å²) < 4.78 is 34.1. The van der Waals surface area contributed by atoms with Crippen molar-refractivity contribution >= 4 is 97.0 Å². The van der Waals surface area contributed by atoms with Crippen molar-refractivity contribution in [3.05, 3.63) is 0 Å². The SMILES string of the molecule is O=S(=O)([O-])[O-].[Ba+2].[Ca+2].[O-2]. The van der Waals surface area contributed by atoms with Crippen LogP contribution < -0.4 is 0 Å². The van der Waals surface area contributed by atoms with Crippen molar-refractivity contribution in [2.24, 2.45) is 0 Å². The van der Waals surface area contributed by atoms with Crippen LogP contribution in [0.15, 0.2) is 0 Å². The summed E-state index contributed by atoms with van der Waals surface area (Å²) in [5, 5.41) is 0. The van der Waals surface area contributed by atoms with Gasteiger partial charge in [0.05, 0.1) is 0 Å². The third kappa shape index (κ3) is 71.8. The van der Waals surface area contributed by atoms with Crippen LogP contribution in [-0.4, -0.2) is 104 Å². The van der Waals surface area contributed by atoms with Gasteiger partial charge in [-0.2, -0.15) is 0 Å². The summed E-state index contributed by atoms with van der Waals surface area (Å²) in [6.07, 6.45) is 0. The minimum atomic E-state index is -5.17. The van der Waals surface area contributed by atoms with E-state index in [2.05, 4.69) is 0 Å². The zero-order valence-electron chi connectivity index (χ0n) is 3.86. The zero-order valence-corrected chi connectivity index (χ0v) is 11.3. The maximum Gasteiger partial charge on any atom is 2.00 e. The molecule has 0 aliphatic rings. The van der Waals surface area contributed by atoms with Gasteiger partial charge in [-0.15, -0.1) is 0 Å². The summed E-state index contributed by atoms with van der Waals surface area (Å²) in [5.74, 6) is 0. The van der Waals surface area contributed by atoms with E-state index in [1.54, 1.807) is 0 Å². The van der Waals surface area contributed by atoms with Crippen molar-refractivity contribution in [3.63, 3.8) is 0 Å². The Morgan fingerprint density at radius 3 is 1.12 bits per heavy atom. The third-order valence-electron chi connectivity index (χ3n) is 0. The number of rotatable bonds is 0. The van der Waals surface area contributed by atoms with Crippen molar-refractivity contribution in [2.75, 3.05) is 0 Å². The first-order chi connectivity index (χ1) is 2.00. The molecule has 0 fully saturated rings. The third-order valence-corrected chi connectivity index (χ3v) is 0. The molecule has 8 heavy (non-hydrogen) atoms. The Kier molecular flexibility index (Phi) is 27.1. The predicted octanol–water partition coefficient (Wildman–Crippen LogP) is -2.22. The van der Waals surface area contributed by atoms with Gasteiger partial charge in [-0.1, -0.05) is 0 Å². The molecule has 0 saturated heterocycles. The summed E-state index contributed by atoms with van der Waals surface area (Å²) >= 11 is 0. The van der Waals surface area contributed by atoms with Crippen LogP contribution in [0.1, 0.15) is 0 Å². The maximum absolute atomic E-state index is 8.52. The van der Waals surface area contributed by atoms with Gasteiger partial charge in [-0.3, -0.25) is 8.42 Å². The van der Waals surface area contributed by atoms with Gasteiger partial charge in [-0.25, -0.2) is 0 Å². The Labute approximate surface area is 117 Å². The normalized spacial score (nSPS) is 7.25. The summed E-state index contributed by atoms with van der Waals surface area (Å²) in [4.78, 5) is 0. The van der Waals surface area contributed by atoms with E-state index >= 15 is 0 Å². The average Bonchev–Trinajstić information content (AvgIpc) is 0.722. The van der Waals surface area contributed by atoms with Crippen LogP contribution in [-0.2, 0) is 15.9 Å². The average molecular weight is 289 g/mol. The van der Waals surface area contributed by atoms with Gasteiger partial charge in [0.25, 0.3) is 0 Å². The summed E-state index contributed by atoms with van der Waals surface area (Å²) in [5.41, 5.74) is 0. The quantitative estimate of drug-likeness (QED) is 0.286. The molecule has 0 aromatic carbocycles. The minimum Gasteiger partial charge on any atom is -2.00 e. The van der Waals surface area contributed by atoms with Crippen molar-refractivity contribution in [1.82, 2.24) is 0 Å². The van der Waals surface area contributed by atoms with Gasteiger partial charge in [-0.05, 0) is 0 Å². The molecule has 0 unspecified atom stereocenters. The molecular weight excluding hydrogens is 289 g/mol. The molecule has 0 heterocycles. The second kappa shape index (κ2) is 9.66. The summed E-state index contributed by atoms with van der Waals surface area (Å²) in [7, 11) is -5.17. The van der Waals surface area contributed by atoms with Gasteiger partial charge in [0.2, 0.25) is 0 Å². The van der Waals surface area contributed by atoms with Gasteiger partial charge in [0.15, 0.2) is 0 Å².